The topological polar surface area (TPSA) is 4.93 Å². The Kier molecular flexibility index (Phi) is 8.48. The fourth-order valence-electron chi connectivity index (χ4n) is 7.06. The number of fused-ring (bicyclic) bond motifs is 3. The Morgan fingerprint density at radius 3 is 1.34 bits per heavy atom. The van der Waals surface area contributed by atoms with Gasteiger partial charge >= 0.3 is 0 Å². The van der Waals surface area contributed by atoms with Gasteiger partial charge in [-0.05, 0) is 102 Å². The summed E-state index contributed by atoms with van der Waals surface area (Å²) in [4.78, 5) is 0. The zero-order chi connectivity index (χ0) is 35.1. The molecule has 0 saturated carbocycles. The Balaban J connectivity index is 2.03. The van der Waals surface area contributed by atoms with Crippen LogP contribution in [0, 0.1) is 0 Å². The standard InChI is InChI=1S/C46H61N/c1-17-35-37(46(14,15)16)21-22-39-40(35)41-36(29-23-30(42(2,3)4)25-31(24-29)43(5,6)7)19-18-20-38(41)47(39)34-27-32(44(8,9)10)26-33(28-34)45(11,12)13/h18-28H,17H2,1-16H3. The quantitative estimate of drug-likeness (QED) is 0.188. The highest BCUT2D eigenvalue weighted by Crippen LogP contribution is 2.45. The monoisotopic (exact) mass is 627 g/mol. The Morgan fingerprint density at radius 1 is 0.468 bits per heavy atom. The first kappa shape index (κ1) is 35.0. The molecule has 0 N–H and O–H groups in total. The molecule has 1 aromatic heterocycles. The summed E-state index contributed by atoms with van der Waals surface area (Å²) in [6, 6.07) is 26.5. The van der Waals surface area contributed by atoms with E-state index >= 15 is 0 Å². The largest absolute Gasteiger partial charge is 0.309 e. The van der Waals surface area contributed by atoms with Gasteiger partial charge in [-0.2, -0.15) is 0 Å². The number of aryl methyl sites for hydroxylation is 1. The lowest BCUT2D eigenvalue weighted by atomic mass is 9.78. The zero-order valence-electron chi connectivity index (χ0n) is 32.5. The molecule has 0 unspecified atom stereocenters. The third kappa shape index (κ3) is 6.57. The molecule has 0 bridgehead atoms. The van der Waals surface area contributed by atoms with Crippen LogP contribution >= 0.6 is 0 Å². The molecular weight excluding hydrogens is 567 g/mol. The third-order valence-corrected chi connectivity index (χ3v) is 10.1. The molecule has 5 aromatic rings. The van der Waals surface area contributed by atoms with Crippen LogP contribution < -0.4 is 0 Å². The molecule has 250 valence electrons. The highest BCUT2D eigenvalue weighted by molar-refractivity contribution is 6.17. The van der Waals surface area contributed by atoms with Crippen LogP contribution in [-0.4, -0.2) is 4.57 Å². The predicted molar refractivity (Wildman–Crippen MR) is 209 cm³/mol. The summed E-state index contributed by atoms with van der Waals surface area (Å²) in [5.74, 6) is 0. The van der Waals surface area contributed by atoms with Gasteiger partial charge in [0.1, 0.15) is 0 Å². The molecule has 0 aliphatic rings. The van der Waals surface area contributed by atoms with E-state index in [4.69, 9.17) is 0 Å². The summed E-state index contributed by atoms with van der Waals surface area (Å²) in [6.07, 6.45) is 0.988. The van der Waals surface area contributed by atoms with Gasteiger partial charge in [-0.15, -0.1) is 0 Å². The second-order valence-electron chi connectivity index (χ2n) is 19.2. The molecular formula is C46H61N. The summed E-state index contributed by atoms with van der Waals surface area (Å²) in [7, 11) is 0. The van der Waals surface area contributed by atoms with Crippen LogP contribution in [0.1, 0.15) is 144 Å². The summed E-state index contributed by atoms with van der Waals surface area (Å²) >= 11 is 0. The molecule has 1 nitrogen and oxygen atoms in total. The van der Waals surface area contributed by atoms with Crippen molar-refractivity contribution in [2.75, 3.05) is 0 Å². The average molecular weight is 628 g/mol. The summed E-state index contributed by atoms with van der Waals surface area (Å²) in [5, 5.41) is 2.78. The van der Waals surface area contributed by atoms with Crippen LogP contribution in [0.3, 0.4) is 0 Å². The second kappa shape index (κ2) is 11.4. The number of nitrogens with zero attached hydrogens (tertiary/aromatic N) is 1. The van der Waals surface area contributed by atoms with E-state index in [1.54, 1.807) is 0 Å². The van der Waals surface area contributed by atoms with Crippen molar-refractivity contribution in [3.8, 4) is 16.8 Å². The number of hydrogen-bond acceptors (Lipinski definition) is 0. The average Bonchev–Trinajstić information content (AvgIpc) is 3.28. The predicted octanol–water partition coefficient (Wildman–Crippen LogP) is 13.5. The molecule has 47 heavy (non-hydrogen) atoms. The first-order valence-corrected chi connectivity index (χ1v) is 17.9. The van der Waals surface area contributed by atoms with Gasteiger partial charge in [0, 0.05) is 16.5 Å². The van der Waals surface area contributed by atoms with Crippen molar-refractivity contribution in [3.63, 3.8) is 0 Å². The highest BCUT2D eigenvalue weighted by atomic mass is 15.0. The van der Waals surface area contributed by atoms with Crippen LogP contribution in [0.4, 0.5) is 0 Å². The maximum atomic E-state index is 2.57. The smallest absolute Gasteiger partial charge is 0.0547 e. The van der Waals surface area contributed by atoms with E-state index in [2.05, 4.69) is 182 Å². The Bertz CT molecular complexity index is 1890. The fraction of sp³-hybridized carbons (Fsp3) is 0.478. The van der Waals surface area contributed by atoms with Crippen LogP contribution in [0.25, 0.3) is 38.6 Å². The molecule has 5 rings (SSSR count). The maximum Gasteiger partial charge on any atom is 0.0547 e. The number of aromatic nitrogens is 1. The van der Waals surface area contributed by atoms with Crippen LogP contribution in [-0.2, 0) is 33.5 Å². The van der Waals surface area contributed by atoms with E-state index in [1.165, 1.54) is 72.0 Å². The highest BCUT2D eigenvalue weighted by Gasteiger charge is 2.28. The SMILES string of the molecule is CCc1c(C(C)(C)C)ccc2c1c1c(-c3cc(C(C)(C)C)cc(C(C)(C)C)c3)cccc1n2-c1cc(C(C)(C)C)cc(C(C)(C)C)c1. The lowest BCUT2D eigenvalue weighted by molar-refractivity contribution is 0.567. The van der Waals surface area contributed by atoms with Crippen molar-refractivity contribution in [1.29, 1.82) is 0 Å². The molecule has 1 heteroatoms. The first-order valence-electron chi connectivity index (χ1n) is 17.9. The van der Waals surface area contributed by atoms with E-state index < -0.39 is 0 Å². The van der Waals surface area contributed by atoms with Gasteiger partial charge in [0.25, 0.3) is 0 Å². The van der Waals surface area contributed by atoms with Gasteiger partial charge in [-0.3, -0.25) is 0 Å². The fourth-order valence-corrected chi connectivity index (χ4v) is 7.06. The van der Waals surface area contributed by atoms with Gasteiger partial charge < -0.3 is 4.57 Å². The van der Waals surface area contributed by atoms with Crippen LogP contribution in [0.2, 0.25) is 0 Å². The maximum absolute atomic E-state index is 2.57. The van der Waals surface area contributed by atoms with E-state index in [0.29, 0.717) is 0 Å². The van der Waals surface area contributed by atoms with Gasteiger partial charge in [0.15, 0.2) is 0 Å². The second-order valence-corrected chi connectivity index (χ2v) is 19.2. The van der Waals surface area contributed by atoms with Crippen molar-refractivity contribution in [2.24, 2.45) is 0 Å². The van der Waals surface area contributed by atoms with Gasteiger partial charge in [0.05, 0.1) is 11.0 Å². The van der Waals surface area contributed by atoms with Gasteiger partial charge in [0.2, 0.25) is 0 Å². The van der Waals surface area contributed by atoms with Crippen LogP contribution in [0.5, 0.6) is 0 Å². The Morgan fingerprint density at radius 2 is 0.915 bits per heavy atom. The Labute approximate surface area is 286 Å². The van der Waals surface area contributed by atoms with Crippen LogP contribution in [0.15, 0.2) is 66.7 Å². The van der Waals surface area contributed by atoms with Crippen molar-refractivity contribution in [2.45, 2.75) is 144 Å². The van der Waals surface area contributed by atoms with E-state index in [-0.39, 0.29) is 27.1 Å². The third-order valence-electron chi connectivity index (χ3n) is 10.1. The normalized spacial score (nSPS) is 13.6. The van der Waals surface area contributed by atoms with Crippen molar-refractivity contribution in [3.05, 3.63) is 100 Å². The van der Waals surface area contributed by atoms with Crippen molar-refractivity contribution in [1.82, 2.24) is 4.57 Å². The zero-order valence-corrected chi connectivity index (χ0v) is 32.5. The van der Waals surface area contributed by atoms with E-state index in [0.717, 1.165) is 6.42 Å². The summed E-state index contributed by atoms with van der Waals surface area (Å²) < 4.78 is 2.57. The minimum Gasteiger partial charge on any atom is -0.309 e. The lowest BCUT2D eigenvalue weighted by Gasteiger charge is -2.27. The minimum atomic E-state index is 0.0324. The van der Waals surface area contributed by atoms with Crippen molar-refractivity contribution >= 4 is 21.8 Å². The van der Waals surface area contributed by atoms with Gasteiger partial charge in [-0.1, -0.05) is 153 Å². The van der Waals surface area contributed by atoms with Crippen molar-refractivity contribution < 1.29 is 0 Å². The minimum absolute atomic E-state index is 0.0324. The molecule has 0 amide bonds. The molecule has 0 radical (unpaired) electrons. The van der Waals surface area contributed by atoms with E-state index in [9.17, 15) is 0 Å². The summed E-state index contributed by atoms with van der Waals surface area (Å²) in [6.45, 7) is 37.5. The lowest BCUT2D eigenvalue weighted by Crippen LogP contribution is -2.17. The van der Waals surface area contributed by atoms with Gasteiger partial charge in [-0.25, -0.2) is 0 Å². The molecule has 4 aromatic carbocycles. The summed E-state index contributed by atoms with van der Waals surface area (Å²) in [5.41, 5.74) is 15.1. The molecule has 1 heterocycles. The molecule has 0 atom stereocenters. The first-order chi connectivity index (χ1) is 21.4. The van der Waals surface area contributed by atoms with E-state index in [1.807, 2.05) is 0 Å². The molecule has 0 spiro atoms. The molecule has 0 aliphatic carbocycles. The number of hydrogen-bond donors (Lipinski definition) is 0. The Hall–Kier alpha value is -3.32. The molecule has 0 fully saturated rings. The number of benzene rings is 4. The molecule has 0 aliphatic heterocycles. The number of rotatable bonds is 3. The molecule has 0 saturated heterocycles.